The molecular weight excluding hydrogens is 229 g/mol. The Morgan fingerprint density at radius 1 is 1.67 bits per heavy atom. The van der Waals surface area contributed by atoms with E-state index >= 15 is 0 Å². The minimum atomic E-state index is -0.0409. The molecule has 1 atom stereocenters. The molecule has 0 amide bonds. The fourth-order valence-electron chi connectivity index (χ4n) is 1.29. The van der Waals surface area contributed by atoms with E-state index < -0.39 is 0 Å². The Kier molecular flexibility index (Phi) is 3.69. The topological polar surface area (TPSA) is 29.5 Å². The number of rotatable bonds is 1. The Labute approximate surface area is 96.8 Å². The van der Waals surface area contributed by atoms with E-state index in [9.17, 15) is 0 Å². The molecule has 3 heteroatoms. The summed E-state index contributed by atoms with van der Waals surface area (Å²) in [6.45, 7) is 0.0919. The van der Waals surface area contributed by atoms with Crippen LogP contribution in [0.4, 0.5) is 0 Å². The van der Waals surface area contributed by atoms with Gasteiger partial charge in [-0.1, -0.05) is 0 Å². The molecule has 0 aliphatic carbocycles. The summed E-state index contributed by atoms with van der Waals surface area (Å²) in [6.07, 6.45) is 0.768. The van der Waals surface area contributed by atoms with Crippen LogP contribution in [-0.2, 0) is 39.1 Å². The first-order valence-electron chi connectivity index (χ1n) is 3.66. The zero-order valence-electron chi connectivity index (χ0n) is 6.66. The monoisotopic (exact) mass is 238 g/mol. The van der Waals surface area contributed by atoms with E-state index in [-0.39, 0.29) is 45.4 Å². The van der Waals surface area contributed by atoms with E-state index in [1.165, 1.54) is 0 Å². The van der Waals surface area contributed by atoms with Crippen LogP contribution in [-0.4, -0.2) is 17.8 Å². The quantitative estimate of drug-likeness (QED) is 0.732. The van der Waals surface area contributed by atoms with Crippen LogP contribution in [0.2, 0.25) is 0 Å². The summed E-state index contributed by atoms with van der Waals surface area (Å²) in [4.78, 5) is 0. The van der Waals surface area contributed by atoms with E-state index in [2.05, 4.69) is 6.07 Å². The van der Waals surface area contributed by atoms with Crippen molar-refractivity contribution in [2.45, 2.75) is 12.5 Å². The first-order valence-corrected chi connectivity index (χ1v) is 3.66. The van der Waals surface area contributed by atoms with Crippen molar-refractivity contribution in [2.24, 2.45) is 0 Å². The number of hydrogen-bond donors (Lipinski definition) is 1. The van der Waals surface area contributed by atoms with Crippen LogP contribution in [0.3, 0.4) is 0 Å². The van der Waals surface area contributed by atoms with Gasteiger partial charge in [-0.25, -0.2) is 0 Å². The Morgan fingerprint density at radius 2 is 2.50 bits per heavy atom. The van der Waals surface area contributed by atoms with Crippen LogP contribution in [0.5, 0.6) is 5.75 Å². The van der Waals surface area contributed by atoms with Crippen molar-refractivity contribution in [3.8, 4) is 5.75 Å². The molecule has 1 radical (unpaired) electrons. The third-order valence-corrected chi connectivity index (χ3v) is 1.85. The molecule has 0 saturated heterocycles. The van der Waals surface area contributed by atoms with Crippen LogP contribution in [0.25, 0.3) is 0 Å². The summed E-state index contributed by atoms with van der Waals surface area (Å²) in [5.41, 5.74) is 1.14. The number of fused-ring (bicyclic) bond motifs is 1. The fraction of sp³-hybridized carbons (Fsp3) is 0.333. The van der Waals surface area contributed by atoms with E-state index in [0.29, 0.717) is 0 Å². The molecular formula is C9H9O2Y-. The summed E-state index contributed by atoms with van der Waals surface area (Å²) in [6, 6.07) is 8.58. The van der Waals surface area contributed by atoms with Crippen molar-refractivity contribution in [1.29, 1.82) is 0 Å². The average molecular weight is 238 g/mol. The first kappa shape index (κ1) is 10.2. The third-order valence-electron chi connectivity index (χ3n) is 1.85. The zero-order valence-corrected chi connectivity index (χ0v) is 9.49. The zero-order chi connectivity index (χ0) is 7.68. The number of ether oxygens (including phenoxy) is 1. The Bertz CT molecular complexity index is 237. The molecule has 1 aliphatic heterocycles. The molecule has 1 N–H and O–H groups in total. The molecule has 0 bridgehead atoms. The van der Waals surface area contributed by atoms with Gasteiger partial charge in [-0.2, -0.15) is 18.2 Å². The predicted octanol–water partition coefficient (Wildman–Crippen LogP) is 0.780. The Hall–Kier alpha value is 0.0839. The minimum Gasteiger partial charge on any atom is -0.514 e. The Morgan fingerprint density at radius 3 is 3.17 bits per heavy atom. The second-order valence-electron chi connectivity index (χ2n) is 2.66. The van der Waals surface area contributed by atoms with E-state index in [1.807, 2.05) is 18.2 Å². The van der Waals surface area contributed by atoms with Crippen LogP contribution < -0.4 is 4.74 Å². The molecule has 1 heterocycles. The smallest absolute Gasteiger partial charge is 0.112 e. The molecule has 12 heavy (non-hydrogen) atoms. The fourth-order valence-corrected chi connectivity index (χ4v) is 1.29. The van der Waals surface area contributed by atoms with Crippen LogP contribution in [0.15, 0.2) is 18.2 Å². The second-order valence-corrected chi connectivity index (χ2v) is 2.66. The summed E-state index contributed by atoms with van der Waals surface area (Å²) in [7, 11) is 0. The molecule has 61 valence electrons. The molecule has 0 aromatic heterocycles. The van der Waals surface area contributed by atoms with Gasteiger partial charge in [-0.05, 0) is 6.42 Å². The van der Waals surface area contributed by atoms with Crippen LogP contribution in [0, 0.1) is 6.07 Å². The van der Waals surface area contributed by atoms with Crippen molar-refractivity contribution < 1.29 is 42.6 Å². The normalized spacial score (nSPS) is 19.2. The van der Waals surface area contributed by atoms with Gasteiger partial charge in [0.05, 0.1) is 6.61 Å². The average Bonchev–Trinajstić information content (AvgIpc) is 2.46. The molecule has 1 aliphatic rings. The maximum absolute atomic E-state index is 8.80. The van der Waals surface area contributed by atoms with Crippen molar-refractivity contribution >= 4 is 0 Å². The van der Waals surface area contributed by atoms with Gasteiger partial charge in [0.1, 0.15) is 6.10 Å². The number of hydrogen-bond acceptors (Lipinski definition) is 2. The molecule has 0 saturated carbocycles. The number of aliphatic hydroxyl groups is 1. The van der Waals surface area contributed by atoms with Gasteiger partial charge in [-0.3, -0.25) is 0 Å². The van der Waals surface area contributed by atoms with Crippen molar-refractivity contribution in [3.05, 3.63) is 29.8 Å². The molecule has 2 rings (SSSR count). The second kappa shape index (κ2) is 4.36. The summed E-state index contributed by atoms with van der Waals surface area (Å²) < 4.78 is 5.39. The standard InChI is InChI=1S/C9H9O2.Y/c10-6-8-5-7-3-1-2-4-9(7)11-8;/h2-4,8,10H,5-6H2;/q-1;. The van der Waals surface area contributed by atoms with Gasteiger partial charge in [0.15, 0.2) is 0 Å². The Balaban J connectivity index is 0.000000720. The SMILES string of the molecule is OCC1Cc2c[c-]ccc2O1.[Y]. The van der Waals surface area contributed by atoms with Crippen LogP contribution in [0.1, 0.15) is 5.56 Å². The molecule has 1 aromatic rings. The predicted molar refractivity (Wildman–Crippen MR) is 40.5 cm³/mol. The summed E-state index contributed by atoms with van der Waals surface area (Å²) in [5, 5.41) is 8.80. The third kappa shape index (κ3) is 1.87. The molecule has 1 unspecified atom stereocenters. The summed E-state index contributed by atoms with van der Waals surface area (Å²) >= 11 is 0. The molecule has 2 nitrogen and oxygen atoms in total. The van der Waals surface area contributed by atoms with Gasteiger partial charge >= 0.3 is 0 Å². The van der Waals surface area contributed by atoms with Crippen LogP contribution >= 0.6 is 0 Å². The van der Waals surface area contributed by atoms with E-state index in [4.69, 9.17) is 9.84 Å². The van der Waals surface area contributed by atoms with Crippen molar-refractivity contribution in [1.82, 2.24) is 0 Å². The number of benzene rings is 1. The van der Waals surface area contributed by atoms with Gasteiger partial charge in [-0.15, -0.1) is 11.6 Å². The first-order chi connectivity index (χ1) is 5.40. The van der Waals surface area contributed by atoms with E-state index in [1.54, 1.807) is 0 Å². The number of aliphatic hydroxyl groups excluding tert-OH is 1. The maximum Gasteiger partial charge on any atom is 0.112 e. The van der Waals surface area contributed by atoms with E-state index in [0.717, 1.165) is 17.7 Å². The molecule has 1 aromatic carbocycles. The van der Waals surface area contributed by atoms with Crippen molar-refractivity contribution in [3.63, 3.8) is 0 Å². The minimum absolute atomic E-state index is 0. The van der Waals surface area contributed by atoms with Crippen molar-refractivity contribution in [2.75, 3.05) is 6.61 Å². The molecule has 0 spiro atoms. The summed E-state index contributed by atoms with van der Waals surface area (Å²) in [5.74, 6) is 0.891. The van der Waals surface area contributed by atoms with Gasteiger partial charge in [0, 0.05) is 38.5 Å². The van der Waals surface area contributed by atoms with Gasteiger partial charge in [0.25, 0.3) is 0 Å². The van der Waals surface area contributed by atoms with Gasteiger partial charge < -0.3 is 9.84 Å². The molecule has 0 fully saturated rings. The largest absolute Gasteiger partial charge is 0.514 e. The van der Waals surface area contributed by atoms with Gasteiger partial charge in [0.2, 0.25) is 0 Å². The maximum atomic E-state index is 8.80.